The zero-order valence-electron chi connectivity index (χ0n) is 16.9. The minimum Gasteiger partial charge on any atom is -0.481 e. The van der Waals surface area contributed by atoms with Crippen molar-refractivity contribution in [2.24, 2.45) is 10.8 Å². The van der Waals surface area contributed by atoms with Gasteiger partial charge in [0.05, 0.1) is 16.6 Å². The van der Waals surface area contributed by atoms with Crippen LogP contribution in [0.1, 0.15) is 49.7 Å². The molecule has 3 fully saturated rings. The Morgan fingerprint density at radius 1 is 1.33 bits per heavy atom. The molecule has 1 aliphatic heterocycles. The lowest BCUT2D eigenvalue weighted by Gasteiger charge is -2.68. The molecule has 0 radical (unpaired) electrons. The number of nitrogens with zero attached hydrogens (tertiary/aromatic N) is 1. The maximum Gasteiger partial charge on any atom is 0.309 e. The maximum atomic E-state index is 13.3. The number of aliphatic carboxylic acids is 1. The lowest BCUT2D eigenvalue weighted by molar-refractivity contribution is -0.224. The van der Waals surface area contributed by atoms with Gasteiger partial charge in [-0.05, 0) is 42.7 Å². The maximum absolute atomic E-state index is 13.3. The highest BCUT2D eigenvalue weighted by Crippen LogP contribution is 2.75. The van der Waals surface area contributed by atoms with Crippen LogP contribution in [-0.2, 0) is 14.4 Å². The quantitative estimate of drug-likeness (QED) is 0.428. The van der Waals surface area contributed by atoms with Crippen LogP contribution in [0.4, 0.5) is 5.69 Å². The Morgan fingerprint density at radius 2 is 2.03 bits per heavy atom. The molecule has 1 aromatic heterocycles. The van der Waals surface area contributed by atoms with E-state index < -0.39 is 17.4 Å². The first-order valence-electron chi connectivity index (χ1n) is 10.1. The number of carboxylic acids is 1. The number of rotatable bonds is 5. The monoisotopic (exact) mass is 430 g/mol. The van der Waals surface area contributed by atoms with Crippen molar-refractivity contribution >= 4 is 46.0 Å². The van der Waals surface area contributed by atoms with Gasteiger partial charge in [-0.2, -0.15) is 0 Å². The van der Waals surface area contributed by atoms with Crippen molar-refractivity contribution in [3.8, 4) is 5.75 Å². The van der Waals surface area contributed by atoms with Gasteiger partial charge in [0.15, 0.2) is 5.75 Å². The first kappa shape index (κ1) is 19.4. The molecule has 2 aromatic rings. The first-order chi connectivity index (χ1) is 14.2. The van der Waals surface area contributed by atoms with E-state index in [1.807, 2.05) is 13.1 Å². The van der Waals surface area contributed by atoms with E-state index in [-0.39, 0.29) is 17.2 Å². The van der Waals surface area contributed by atoms with Crippen molar-refractivity contribution in [1.82, 2.24) is 4.98 Å². The fourth-order valence-electron chi connectivity index (χ4n) is 5.94. The number of aromatic amines is 1. The lowest BCUT2D eigenvalue weighted by Crippen LogP contribution is -2.66. The number of aromatic nitrogens is 1. The molecular weight excluding hydrogens is 408 g/mol. The summed E-state index contributed by atoms with van der Waals surface area (Å²) in [5, 5.41) is 10.3. The van der Waals surface area contributed by atoms with E-state index in [9.17, 15) is 19.5 Å². The van der Waals surface area contributed by atoms with E-state index >= 15 is 0 Å². The van der Waals surface area contributed by atoms with Gasteiger partial charge in [-0.15, -0.1) is 11.6 Å². The highest BCUT2D eigenvalue weighted by atomic mass is 35.5. The third-order valence-electron chi connectivity index (χ3n) is 7.10. The molecule has 1 amide bonds. The second kappa shape index (κ2) is 6.23. The standard InChI is InChI=1S/C22H23ClN2O5/c1-11-6-24-19-15(30-12(2)26)3-14-18(17(11)19)13(5-23)7-25(14)16(27)4-21-8-22(9-21,10-21)20(28)29/h3,6,13,24H,4-5,7-10H2,1-2H3,(H,28,29)/t13-,21?,22?/m1/s1. The molecule has 2 bridgehead atoms. The number of anilines is 1. The van der Waals surface area contributed by atoms with E-state index in [1.54, 1.807) is 11.0 Å². The van der Waals surface area contributed by atoms with Gasteiger partial charge >= 0.3 is 11.9 Å². The third kappa shape index (κ3) is 2.54. The molecule has 4 aliphatic rings. The number of benzene rings is 1. The SMILES string of the molecule is CC(=O)Oc1cc2c(c3c(C)c[nH]c13)[C@H](CCl)CN2C(=O)CC12CC(C(=O)O)(C1)C2. The number of amides is 1. The fourth-order valence-corrected chi connectivity index (χ4v) is 6.19. The number of carbonyl (C=O) groups excluding carboxylic acids is 2. The summed E-state index contributed by atoms with van der Waals surface area (Å²) in [6, 6.07) is 1.75. The second-order valence-electron chi connectivity index (χ2n) is 9.27. The Morgan fingerprint density at radius 3 is 2.63 bits per heavy atom. The van der Waals surface area contributed by atoms with Crippen LogP contribution in [0.3, 0.4) is 0 Å². The van der Waals surface area contributed by atoms with Crippen molar-refractivity contribution in [2.45, 2.75) is 45.4 Å². The molecule has 3 saturated carbocycles. The van der Waals surface area contributed by atoms with Crippen LogP contribution in [0.5, 0.6) is 5.75 Å². The lowest BCUT2D eigenvalue weighted by atomic mass is 9.34. The number of ether oxygens (including phenoxy) is 1. The van der Waals surface area contributed by atoms with E-state index in [0.717, 1.165) is 27.7 Å². The normalized spacial score (nSPS) is 28.6. The summed E-state index contributed by atoms with van der Waals surface area (Å²) in [7, 11) is 0. The summed E-state index contributed by atoms with van der Waals surface area (Å²) in [5.41, 5.74) is 2.69. The molecule has 0 saturated heterocycles. The largest absolute Gasteiger partial charge is 0.481 e. The van der Waals surface area contributed by atoms with Crippen molar-refractivity contribution in [3.63, 3.8) is 0 Å². The zero-order valence-corrected chi connectivity index (χ0v) is 17.6. The molecule has 3 aliphatic carbocycles. The van der Waals surface area contributed by atoms with Crippen LogP contribution in [0.25, 0.3) is 10.9 Å². The Kier molecular flexibility index (Phi) is 4.04. The fraction of sp³-hybridized carbons (Fsp3) is 0.500. The van der Waals surface area contributed by atoms with Crippen molar-refractivity contribution in [1.29, 1.82) is 0 Å². The number of H-pyrrole nitrogens is 1. The van der Waals surface area contributed by atoms with Gasteiger partial charge in [0.2, 0.25) is 5.91 Å². The number of esters is 1. The molecular formula is C22H23ClN2O5. The third-order valence-corrected chi connectivity index (χ3v) is 7.47. The second-order valence-corrected chi connectivity index (χ2v) is 9.58. The summed E-state index contributed by atoms with van der Waals surface area (Å²) >= 11 is 6.28. The van der Waals surface area contributed by atoms with Gasteiger partial charge in [0.25, 0.3) is 0 Å². The predicted molar refractivity (Wildman–Crippen MR) is 111 cm³/mol. The molecule has 2 N–H and O–H groups in total. The van der Waals surface area contributed by atoms with E-state index in [2.05, 4.69) is 4.98 Å². The molecule has 2 heterocycles. The number of nitrogens with one attached hydrogen (secondary N) is 1. The number of hydrogen-bond donors (Lipinski definition) is 2. The summed E-state index contributed by atoms with van der Waals surface area (Å²) in [6.07, 6.45) is 3.94. The molecule has 30 heavy (non-hydrogen) atoms. The van der Waals surface area contributed by atoms with E-state index in [0.29, 0.717) is 43.9 Å². The molecule has 0 unspecified atom stereocenters. The summed E-state index contributed by atoms with van der Waals surface area (Å²) < 4.78 is 5.44. The van der Waals surface area contributed by atoms with Gasteiger partial charge in [-0.25, -0.2) is 0 Å². The van der Waals surface area contributed by atoms with Crippen LogP contribution >= 0.6 is 11.6 Å². The first-order valence-corrected chi connectivity index (χ1v) is 10.6. The summed E-state index contributed by atoms with van der Waals surface area (Å²) in [5.74, 6) is -0.455. The molecule has 1 aromatic carbocycles. The van der Waals surface area contributed by atoms with Crippen LogP contribution in [-0.4, -0.2) is 40.4 Å². The molecule has 8 heteroatoms. The highest BCUT2D eigenvalue weighted by molar-refractivity contribution is 6.19. The Hall–Kier alpha value is -2.54. The number of alkyl halides is 1. The molecule has 6 rings (SSSR count). The number of fused-ring (bicyclic) bond motifs is 3. The number of hydrogen-bond acceptors (Lipinski definition) is 4. The van der Waals surface area contributed by atoms with Crippen LogP contribution in [0.15, 0.2) is 12.3 Å². The summed E-state index contributed by atoms with van der Waals surface area (Å²) in [6.45, 7) is 3.79. The van der Waals surface area contributed by atoms with Crippen molar-refractivity contribution < 1.29 is 24.2 Å². The highest BCUT2D eigenvalue weighted by Gasteiger charge is 2.72. The number of aryl methyl sites for hydroxylation is 1. The van der Waals surface area contributed by atoms with Crippen LogP contribution in [0.2, 0.25) is 0 Å². The molecule has 1 atom stereocenters. The minimum absolute atomic E-state index is 0.0209. The number of halogens is 1. The number of carboxylic acid groups (broad SMARTS) is 1. The Balaban J connectivity index is 1.51. The summed E-state index contributed by atoms with van der Waals surface area (Å²) in [4.78, 5) is 41.2. The average molecular weight is 431 g/mol. The zero-order chi connectivity index (χ0) is 21.4. The molecule has 158 valence electrons. The van der Waals surface area contributed by atoms with Gasteiger partial charge in [-0.1, -0.05) is 0 Å². The van der Waals surface area contributed by atoms with E-state index in [4.69, 9.17) is 16.3 Å². The van der Waals surface area contributed by atoms with Crippen LogP contribution in [0, 0.1) is 17.8 Å². The van der Waals surface area contributed by atoms with Gasteiger partial charge in [0, 0.05) is 49.3 Å². The Labute approximate surface area is 178 Å². The van der Waals surface area contributed by atoms with Gasteiger partial charge < -0.3 is 19.7 Å². The van der Waals surface area contributed by atoms with Gasteiger partial charge in [0.1, 0.15) is 0 Å². The molecule has 7 nitrogen and oxygen atoms in total. The molecule has 0 spiro atoms. The van der Waals surface area contributed by atoms with Crippen LogP contribution < -0.4 is 9.64 Å². The van der Waals surface area contributed by atoms with Crippen molar-refractivity contribution in [2.75, 3.05) is 17.3 Å². The van der Waals surface area contributed by atoms with Crippen molar-refractivity contribution in [3.05, 3.63) is 23.4 Å². The number of carbonyl (C=O) groups is 3. The average Bonchev–Trinajstić information content (AvgIpc) is 3.16. The topological polar surface area (TPSA) is 99.7 Å². The Bertz CT molecular complexity index is 1100. The van der Waals surface area contributed by atoms with E-state index in [1.165, 1.54) is 6.92 Å². The smallest absolute Gasteiger partial charge is 0.309 e. The predicted octanol–water partition coefficient (Wildman–Crippen LogP) is 3.72. The van der Waals surface area contributed by atoms with Gasteiger partial charge in [-0.3, -0.25) is 14.4 Å². The minimum atomic E-state index is -0.748.